The highest BCUT2D eigenvalue weighted by atomic mass is 16.3. The van der Waals surface area contributed by atoms with Crippen molar-refractivity contribution in [2.75, 3.05) is 0 Å². The lowest BCUT2D eigenvalue weighted by Crippen LogP contribution is -2.09. The van der Waals surface area contributed by atoms with E-state index < -0.39 is 0 Å². The number of benzene rings is 1. The van der Waals surface area contributed by atoms with Crippen molar-refractivity contribution in [2.45, 2.75) is 39.2 Å². The van der Waals surface area contributed by atoms with Crippen molar-refractivity contribution < 1.29 is 10.2 Å². The van der Waals surface area contributed by atoms with Gasteiger partial charge in [0.15, 0.2) is 0 Å². The molecule has 1 heterocycles. The number of phenols is 2. The van der Waals surface area contributed by atoms with E-state index in [4.69, 9.17) is 0 Å². The summed E-state index contributed by atoms with van der Waals surface area (Å²) in [4.78, 5) is 0. The van der Waals surface area contributed by atoms with Crippen molar-refractivity contribution in [3.63, 3.8) is 0 Å². The number of aromatic nitrogens is 3. The molecule has 0 fully saturated rings. The molecule has 0 spiro atoms. The van der Waals surface area contributed by atoms with Gasteiger partial charge >= 0.3 is 0 Å². The highest BCUT2D eigenvalue weighted by Crippen LogP contribution is 2.47. The average molecular weight is 325 g/mol. The van der Waals surface area contributed by atoms with Gasteiger partial charge in [0.1, 0.15) is 11.5 Å². The fraction of sp³-hybridized carbons (Fsp3) is 0.368. The maximum atomic E-state index is 10.5. The Labute approximate surface area is 142 Å². The normalized spacial score (nSPS) is 20.2. The fourth-order valence-corrected chi connectivity index (χ4v) is 3.49. The third-order valence-corrected chi connectivity index (χ3v) is 4.70. The number of aromatic hydroxyl groups is 2. The maximum Gasteiger partial charge on any atom is 0.123 e. The van der Waals surface area contributed by atoms with E-state index in [9.17, 15) is 10.2 Å². The first-order chi connectivity index (χ1) is 11.5. The topological polar surface area (TPSA) is 71.2 Å². The molecule has 1 aromatic carbocycles. The SMILES string of the molecule is C=C(C)[C@@H]1CC(C)=C[C@H]1c1c(O)cc(CCn2ccnn2)cc1O. The van der Waals surface area contributed by atoms with Crippen LogP contribution in [0.1, 0.15) is 37.3 Å². The van der Waals surface area contributed by atoms with Gasteiger partial charge in [0.25, 0.3) is 0 Å². The summed E-state index contributed by atoms with van der Waals surface area (Å²) in [5.74, 6) is 0.492. The van der Waals surface area contributed by atoms with Gasteiger partial charge in [0.2, 0.25) is 0 Å². The van der Waals surface area contributed by atoms with E-state index in [2.05, 4.69) is 29.9 Å². The van der Waals surface area contributed by atoms with Crippen LogP contribution < -0.4 is 0 Å². The molecule has 0 aliphatic heterocycles. The zero-order valence-electron chi connectivity index (χ0n) is 14.1. The summed E-state index contributed by atoms with van der Waals surface area (Å²) in [6.45, 7) is 8.80. The second-order valence-electron chi connectivity index (χ2n) is 6.66. The molecular formula is C19H23N3O2. The summed E-state index contributed by atoms with van der Waals surface area (Å²) in [7, 11) is 0. The van der Waals surface area contributed by atoms with E-state index in [-0.39, 0.29) is 23.3 Å². The molecule has 1 aliphatic rings. The van der Waals surface area contributed by atoms with Crippen molar-refractivity contribution in [2.24, 2.45) is 5.92 Å². The number of rotatable bonds is 5. The summed E-state index contributed by atoms with van der Waals surface area (Å²) < 4.78 is 1.72. The first kappa shape index (κ1) is 16.3. The molecule has 2 atom stereocenters. The first-order valence-corrected chi connectivity index (χ1v) is 8.17. The van der Waals surface area contributed by atoms with Crippen LogP contribution in [0.15, 0.2) is 48.3 Å². The molecular weight excluding hydrogens is 302 g/mol. The molecule has 0 unspecified atom stereocenters. The number of hydrogen-bond acceptors (Lipinski definition) is 4. The Morgan fingerprint density at radius 3 is 2.62 bits per heavy atom. The molecule has 1 aliphatic carbocycles. The smallest absolute Gasteiger partial charge is 0.123 e. The minimum absolute atomic E-state index is 0.0214. The maximum absolute atomic E-state index is 10.5. The van der Waals surface area contributed by atoms with E-state index in [0.29, 0.717) is 18.5 Å². The molecule has 5 heteroatoms. The predicted molar refractivity (Wildman–Crippen MR) is 92.9 cm³/mol. The first-order valence-electron chi connectivity index (χ1n) is 8.17. The molecule has 3 rings (SSSR count). The zero-order valence-corrected chi connectivity index (χ0v) is 14.1. The van der Waals surface area contributed by atoms with Gasteiger partial charge in [0.05, 0.1) is 6.20 Å². The number of nitrogens with zero attached hydrogens (tertiary/aromatic N) is 3. The predicted octanol–water partition coefficient (Wildman–Crippen LogP) is 3.56. The van der Waals surface area contributed by atoms with Crippen molar-refractivity contribution in [1.82, 2.24) is 15.0 Å². The number of allylic oxidation sites excluding steroid dienone is 3. The van der Waals surface area contributed by atoms with Crippen LogP contribution >= 0.6 is 0 Å². The molecule has 0 saturated carbocycles. The zero-order chi connectivity index (χ0) is 17.3. The van der Waals surface area contributed by atoms with Crippen molar-refractivity contribution in [3.8, 4) is 11.5 Å². The van der Waals surface area contributed by atoms with Gasteiger partial charge in [-0.05, 0) is 50.3 Å². The van der Waals surface area contributed by atoms with E-state index >= 15 is 0 Å². The highest BCUT2D eigenvalue weighted by molar-refractivity contribution is 5.52. The molecule has 0 bridgehead atoms. The summed E-state index contributed by atoms with van der Waals surface area (Å²) in [5.41, 5.74) is 3.81. The Hall–Kier alpha value is -2.56. The van der Waals surface area contributed by atoms with Crippen LogP contribution in [0.4, 0.5) is 0 Å². The van der Waals surface area contributed by atoms with Crippen LogP contribution in [0, 0.1) is 5.92 Å². The summed E-state index contributed by atoms with van der Waals surface area (Å²) in [6, 6.07) is 3.48. The molecule has 0 amide bonds. The lowest BCUT2D eigenvalue weighted by atomic mass is 9.83. The van der Waals surface area contributed by atoms with Gasteiger partial charge in [-0.3, -0.25) is 4.68 Å². The Morgan fingerprint density at radius 1 is 1.33 bits per heavy atom. The molecule has 2 N–H and O–H groups in total. The number of phenolic OH excluding ortho intramolecular Hbond substituents is 2. The van der Waals surface area contributed by atoms with Crippen LogP contribution in [0.2, 0.25) is 0 Å². The summed E-state index contributed by atoms with van der Waals surface area (Å²) in [5, 5.41) is 28.7. The molecule has 0 saturated heterocycles. The molecule has 2 aromatic rings. The lowest BCUT2D eigenvalue weighted by molar-refractivity contribution is 0.422. The molecule has 1 aromatic heterocycles. The van der Waals surface area contributed by atoms with Crippen molar-refractivity contribution in [1.29, 1.82) is 0 Å². The second-order valence-corrected chi connectivity index (χ2v) is 6.66. The van der Waals surface area contributed by atoms with Crippen LogP contribution in [0.3, 0.4) is 0 Å². The Morgan fingerprint density at radius 2 is 2.04 bits per heavy atom. The van der Waals surface area contributed by atoms with Crippen LogP contribution in [-0.4, -0.2) is 25.2 Å². The molecule has 126 valence electrons. The van der Waals surface area contributed by atoms with Gasteiger partial charge in [-0.1, -0.05) is 29.0 Å². The second kappa shape index (κ2) is 6.51. The van der Waals surface area contributed by atoms with Crippen molar-refractivity contribution >= 4 is 0 Å². The Bertz CT molecular complexity index is 755. The molecule has 0 radical (unpaired) electrons. The fourth-order valence-electron chi connectivity index (χ4n) is 3.49. The monoisotopic (exact) mass is 325 g/mol. The Kier molecular flexibility index (Phi) is 4.42. The minimum Gasteiger partial charge on any atom is -0.507 e. The molecule has 24 heavy (non-hydrogen) atoms. The van der Waals surface area contributed by atoms with Crippen LogP contribution in [-0.2, 0) is 13.0 Å². The number of aryl methyl sites for hydroxylation is 2. The van der Waals surface area contributed by atoms with Crippen LogP contribution in [0.5, 0.6) is 11.5 Å². The molecule has 5 nitrogen and oxygen atoms in total. The van der Waals surface area contributed by atoms with E-state index in [0.717, 1.165) is 17.6 Å². The quantitative estimate of drug-likeness (QED) is 0.825. The van der Waals surface area contributed by atoms with Crippen molar-refractivity contribution in [3.05, 3.63) is 59.5 Å². The highest BCUT2D eigenvalue weighted by Gasteiger charge is 2.31. The third-order valence-electron chi connectivity index (χ3n) is 4.70. The van der Waals surface area contributed by atoms with Gasteiger partial charge in [-0.2, -0.15) is 0 Å². The minimum atomic E-state index is -0.0214. The van der Waals surface area contributed by atoms with E-state index in [1.54, 1.807) is 29.2 Å². The van der Waals surface area contributed by atoms with Gasteiger partial charge < -0.3 is 10.2 Å². The third kappa shape index (κ3) is 3.20. The van der Waals surface area contributed by atoms with Crippen LogP contribution in [0.25, 0.3) is 0 Å². The Balaban J connectivity index is 1.86. The van der Waals surface area contributed by atoms with E-state index in [1.807, 2.05) is 6.92 Å². The largest absolute Gasteiger partial charge is 0.507 e. The van der Waals surface area contributed by atoms with Gasteiger partial charge in [0, 0.05) is 24.2 Å². The van der Waals surface area contributed by atoms with Gasteiger partial charge in [-0.15, -0.1) is 5.10 Å². The van der Waals surface area contributed by atoms with Gasteiger partial charge in [-0.25, -0.2) is 0 Å². The average Bonchev–Trinajstić information content (AvgIpc) is 3.14. The summed E-state index contributed by atoms with van der Waals surface area (Å²) in [6.07, 6.45) is 7.13. The number of hydrogen-bond donors (Lipinski definition) is 2. The van der Waals surface area contributed by atoms with E-state index in [1.165, 1.54) is 5.57 Å². The standard InChI is InChI=1S/C19H23N3O2/c1-12(2)15-8-13(3)9-16(15)19-17(23)10-14(11-18(19)24)4-6-22-7-5-20-21-22/h5,7,9-11,15-16,23-24H,1,4,6,8H2,2-3H3/t15-,16+/m0/s1. The summed E-state index contributed by atoms with van der Waals surface area (Å²) >= 11 is 0. The lowest BCUT2D eigenvalue weighted by Gasteiger charge is -2.22.